The van der Waals surface area contributed by atoms with E-state index in [9.17, 15) is 9.18 Å². The summed E-state index contributed by atoms with van der Waals surface area (Å²) in [5.74, 6) is -1.82. The predicted molar refractivity (Wildman–Crippen MR) is 119 cm³/mol. The van der Waals surface area contributed by atoms with Crippen molar-refractivity contribution in [2.75, 3.05) is 4.90 Å². The number of carbonyl (C=O) groups is 1. The summed E-state index contributed by atoms with van der Waals surface area (Å²) in [6.07, 6.45) is 4.73. The van der Waals surface area contributed by atoms with Crippen LogP contribution in [0.4, 0.5) is 20.3 Å². The molecular weight excluding hydrogens is 426 g/mol. The van der Waals surface area contributed by atoms with Gasteiger partial charge in [-0.3, -0.25) is 18.8 Å². The molecule has 9 heteroatoms. The molecule has 0 spiro atoms. The maximum Gasteiger partial charge on any atom is 0.267 e. The van der Waals surface area contributed by atoms with Crippen LogP contribution < -0.4 is 4.90 Å². The van der Waals surface area contributed by atoms with Crippen LogP contribution in [0.2, 0.25) is 0 Å². The van der Waals surface area contributed by atoms with Gasteiger partial charge in [0.1, 0.15) is 23.8 Å². The Morgan fingerprint density at radius 1 is 1.06 bits per heavy atom. The van der Waals surface area contributed by atoms with E-state index in [2.05, 4.69) is 15.3 Å². The maximum atomic E-state index is 15.8. The third-order valence-corrected chi connectivity index (χ3v) is 5.52. The second-order valence-electron chi connectivity index (χ2n) is 7.52. The number of amides is 1. The molecule has 2 aromatic carbocycles. The van der Waals surface area contributed by atoms with Gasteiger partial charge in [-0.1, -0.05) is 30.3 Å². The topological polar surface area (TPSA) is 68.3 Å². The molecule has 0 atom stereocenters. The number of aromatic nitrogens is 5. The zero-order chi connectivity index (χ0) is 23.1. The molecule has 0 fully saturated rings. The lowest BCUT2D eigenvalue weighted by molar-refractivity contribution is 0.0993. The molecule has 7 nitrogen and oxygen atoms in total. The van der Waals surface area contributed by atoms with Crippen molar-refractivity contribution in [3.63, 3.8) is 0 Å². The van der Waals surface area contributed by atoms with E-state index in [1.54, 1.807) is 66.2 Å². The summed E-state index contributed by atoms with van der Waals surface area (Å²) < 4.78 is 33.9. The number of hydrogen-bond donors (Lipinski definition) is 0. The van der Waals surface area contributed by atoms with E-state index < -0.39 is 17.5 Å². The molecular formula is C24H18F2N6O. The molecule has 0 saturated heterocycles. The number of hydrogen-bond acceptors (Lipinski definition) is 4. The molecule has 0 aliphatic heterocycles. The minimum Gasteiger partial charge on any atom is -0.289 e. The first-order chi connectivity index (χ1) is 16.0. The van der Waals surface area contributed by atoms with Gasteiger partial charge in [-0.2, -0.15) is 5.10 Å². The Balaban J connectivity index is 1.71. The Hall–Kier alpha value is -4.40. The van der Waals surface area contributed by atoms with Gasteiger partial charge in [0.05, 0.1) is 17.4 Å². The number of nitrogens with zero attached hydrogens (tertiary/aromatic N) is 6. The summed E-state index contributed by atoms with van der Waals surface area (Å²) in [6.45, 7) is 1.49. The van der Waals surface area contributed by atoms with E-state index in [0.717, 1.165) is 6.07 Å². The molecule has 5 aromatic rings. The molecule has 0 aliphatic carbocycles. The van der Waals surface area contributed by atoms with Crippen LogP contribution in [0.3, 0.4) is 0 Å². The molecule has 164 valence electrons. The van der Waals surface area contributed by atoms with Gasteiger partial charge < -0.3 is 0 Å². The molecule has 0 unspecified atom stereocenters. The molecule has 5 rings (SSSR count). The third kappa shape index (κ3) is 3.43. The normalized spacial score (nSPS) is 11.2. The van der Waals surface area contributed by atoms with Gasteiger partial charge in [0.2, 0.25) is 0 Å². The zero-order valence-corrected chi connectivity index (χ0v) is 17.8. The quantitative estimate of drug-likeness (QED) is 0.403. The van der Waals surface area contributed by atoms with E-state index in [1.807, 2.05) is 0 Å². The monoisotopic (exact) mass is 444 g/mol. The van der Waals surface area contributed by atoms with E-state index in [1.165, 1.54) is 29.0 Å². The average Bonchev–Trinajstić information content (AvgIpc) is 3.46. The van der Waals surface area contributed by atoms with Crippen molar-refractivity contribution in [2.24, 2.45) is 7.05 Å². The number of rotatable bonds is 4. The maximum absolute atomic E-state index is 15.8. The van der Waals surface area contributed by atoms with Crippen LogP contribution in [0.5, 0.6) is 0 Å². The highest BCUT2D eigenvalue weighted by atomic mass is 19.1. The molecule has 0 radical (unpaired) electrons. The highest BCUT2D eigenvalue weighted by molar-refractivity contribution is 6.11. The standard InChI is InChI=1S/C24H18F2N6O/c1-15-19(25)13-18(23(26)22(15)16-6-4-3-5-7-16)24(33)32(21-8-10-28-30(21)2)17-9-11-31-14-27-29-20(31)12-17/h3-14H,1-2H3. The van der Waals surface area contributed by atoms with Crippen LogP contribution in [-0.2, 0) is 7.05 Å². The van der Waals surface area contributed by atoms with Crippen molar-refractivity contribution in [3.05, 3.63) is 96.1 Å². The average molecular weight is 444 g/mol. The lowest BCUT2D eigenvalue weighted by atomic mass is 9.96. The van der Waals surface area contributed by atoms with E-state index in [4.69, 9.17) is 0 Å². The zero-order valence-electron chi connectivity index (χ0n) is 17.8. The number of anilines is 2. The van der Waals surface area contributed by atoms with Gasteiger partial charge in [0.15, 0.2) is 5.65 Å². The minimum atomic E-state index is -0.791. The fourth-order valence-corrected chi connectivity index (χ4v) is 3.83. The highest BCUT2D eigenvalue weighted by Gasteiger charge is 2.28. The van der Waals surface area contributed by atoms with E-state index >= 15 is 4.39 Å². The van der Waals surface area contributed by atoms with Crippen LogP contribution >= 0.6 is 0 Å². The lowest BCUT2D eigenvalue weighted by Crippen LogP contribution is -2.29. The Kier molecular flexibility index (Phi) is 4.93. The summed E-state index contributed by atoms with van der Waals surface area (Å²) in [7, 11) is 1.66. The number of benzene rings is 2. The Morgan fingerprint density at radius 2 is 1.85 bits per heavy atom. The number of fused-ring (bicyclic) bond motifs is 1. The highest BCUT2D eigenvalue weighted by Crippen LogP contribution is 2.34. The molecule has 0 saturated carbocycles. The van der Waals surface area contributed by atoms with Gasteiger partial charge in [-0.25, -0.2) is 8.78 Å². The van der Waals surface area contributed by atoms with Crippen molar-refractivity contribution >= 4 is 23.1 Å². The number of aryl methyl sites for hydroxylation is 1. The largest absolute Gasteiger partial charge is 0.289 e. The van der Waals surface area contributed by atoms with Crippen LogP contribution in [0, 0.1) is 18.6 Å². The van der Waals surface area contributed by atoms with Crippen LogP contribution in [-0.4, -0.2) is 30.3 Å². The van der Waals surface area contributed by atoms with Crippen LogP contribution in [0.15, 0.2) is 73.3 Å². The summed E-state index contributed by atoms with van der Waals surface area (Å²) in [5.41, 5.74) is 1.18. The predicted octanol–water partition coefficient (Wildman–Crippen LogP) is 4.69. The lowest BCUT2D eigenvalue weighted by Gasteiger charge is -2.24. The molecule has 3 heterocycles. The molecule has 33 heavy (non-hydrogen) atoms. The molecule has 0 bridgehead atoms. The fraction of sp³-hybridized carbons (Fsp3) is 0.0833. The minimum absolute atomic E-state index is 0.0526. The number of halogens is 2. The first kappa shape index (κ1) is 20.5. The van der Waals surface area contributed by atoms with Crippen LogP contribution in [0.25, 0.3) is 16.8 Å². The van der Waals surface area contributed by atoms with Gasteiger partial charge >= 0.3 is 0 Å². The number of carbonyl (C=O) groups excluding carboxylic acids is 1. The smallest absolute Gasteiger partial charge is 0.267 e. The molecule has 0 aliphatic rings. The van der Waals surface area contributed by atoms with Crippen molar-refractivity contribution in [1.29, 1.82) is 0 Å². The molecule has 3 aromatic heterocycles. The SMILES string of the molecule is Cc1c(F)cc(C(=O)N(c2ccn3cnnc3c2)c2ccnn2C)c(F)c1-c1ccccc1. The fourth-order valence-electron chi connectivity index (χ4n) is 3.83. The molecule has 1 amide bonds. The van der Waals surface area contributed by atoms with Gasteiger partial charge in [0, 0.05) is 30.9 Å². The summed E-state index contributed by atoms with van der Waals surface area (Å²) in [5, 5.41) is 12.0. The van der Waals surface area contributed by atoms with E-state index in [-0.39, 0.29) is 16.7 Å². The Morgan fingerprint density at radius 3 is 2.58 bits per heavy atom. The van der Waals surface area contributed by atoms with Crippen molar-refractivity contribution in [3.8, 4) is 11.1 Å². The van der Waals surface area contributed by atoms with Crippen LogP contribution in [0.1, 0.15) is 15.9 Å². The van der Waals surface area contributed by atoms with Gasteiger partial charge in [0.25, 0.3) is 5.91 Å². The van der Waals surface area contributed by atoms with Crippen molar-refractivity contribution < 1.29 is 13.6 Å². The summed E-state index contributed by atoms with van der Waals surface area (Å²) in [4.78, 5) is 15.1. The summed E-state index contributed by atoms with van der Waals surface area (Å²) in [6, 6.07) is 14.5. The van der Waals surface area contributed by atoms with Crippen molar-refractivity contribution in [2.45, 2.75) is 6.92 Å². The van der Waals surface area contributed by atoms with E-state index in [0.29, 0.717) is 22.7 Å². The Bertz CT molecular complexity index is 1490. The van der Waals surface area contributed by atoms with Gasteiger partial charge in [-0.15, -0.1) is 10.2 Å². The Labute approximate surface area is 187 Å². The first-order valence-corrected chi connectivity index (χ1v) is 10.1. The second kappa shape index (κ2) is 7.94. The van der Waals surface area contributed by atoms with Crippen molar-refractivity contribution in [1.82, 2.24) is 24.4 Å². The summed E-state index contributed by atoms with van der Waals surface area (Å²) >= 11 is 0. The molecule has 0 N–H and O–H groups in total. The first-order valence-electron chi connectivity index (χ1n) is 10.1. The second-order valence-corrected chi connectivity index (χ2v) is 7.52. The number of pyridine rings is 1. The van der Waals surface area contributed by atoms with Gasteiger partial charge in [-0.05, 0) is 30.2 Å². The third-order valence-electron chi connectivity index (χ3n) is 5.52.